The van der Waals surface area contributed by atoms with Gasteiger partial charge in [-0.3, -0.25) is 14.9 Å². The monoisotopic (exact) mass is 402 g/mol. The van der Waals surface area contributed by atoms with Gasteiger partial charge < -0.3 is 9.47 Å². The summed E-state index contributed by atoms with van der Waals surface area (Å²) >= 11 is 7.12. The number of carbonyl (C=O) groups excluding carboxylic acids is 2. The Morgan fingerprint density at radius 2 is 2.04 bits per heavy atom. The molecule has 3 rings (SSSR count). The van der Waals surface area contributed by atoms with Crippen LogP contribution >= 0.6 is 23.4 Å². The summed E-state index contributed by atoms with van der Waals surface area (Å²) in [6.07, 6.45) is 0.371. The number of carbonyl (C=O) groups is 2. The van der Waals surface area contributed by atoms with Crippen LogP contribution in [0.3, 0.4) is 0 Å². The van der Waals surface area contributed by atoms with E-state index < -0.39 is 5.25 Å². The van der Waals surface area contributed by atoms with Crippen molar-refractivity contribution in [3.63, 3.8) is 0 Å². The molecule has 1 unspecified atom stereocenters. The summed E-state index contributed by atoms with van der Waals surface area (Å²) in [7, 11) is 0. The zero-order valence-electron chi connectivity index (χ0n) is 14.3. The highest BCUT2D eigenvalue weighted by Gasteiger charge is 2.32. The van der Waals surface area contributed by atoms with E-state index in [2.05, 4.69) is 5.32 Å². The summed E-state index contributed by atoms with van der Waals surface area (Å²) in [4.78, 5) is 23.1. The maximum Gasteiger partial charge on any atom is 0.286 e. The first-order valence-corrected chi connectivity index (χ1v) is 9.40. The van der Waals surface area contributed by atoms with Gasteiger partial charge in [0.1, 0.15) is 17.2 Å². The number of nitriles is 1. The summed E-state index contributed by atoms with van der Waals surface area (Å²) in [6, 6.07) is 12.0. The number of benzene rings is 2. The number of nitrogens with one attached hydrogen (secondary N) is 1. The number of amides is 2. The molecule has 0 spiro atoms. The molecule has 27 heavy (non-hydrogen) atoms. The van der Waals surface area contributed by atoms with Gasteiger partial charge in [-0.2, -0.15) is 5.26 Å². The highest BCUT2D eigenvalue weighted by atomic mass is 35.5. The molecule has 0 aliphatic carbocycles. The SMILES string of the molecule is CCOc1cc(Oc2ccc(C#N)cc2Cl)ccc1CC1SC(=O)NC1=O. The first kappa shape index (κ1) is 19.1. The molecule has 6 nitrogen and oxygen atoms in total. The fourth-order valence-corrected chi connectivity index (χ4v) is 3.63. The van der Waals surface area contributed by atoms with Crippen molar-refractivity contribution in [3.05, 3.63) is 52.5 Å². The molecule has 138 valence electrons. The Bertz CT molecular complexity index is 942. The standard InChI is InChI=1S/C19H15ClN2O4S/c1-2-25-16-9-13(26-15-6-3-11(10-21)7-14(15)20)5-4-12(16)8-17-18(23)22-19(24)27-17/h3-7,9,17H,2,8H2,1H3,(H,22,23,24). The van der Waals surface area contributed by atoms with Crippen molar-refractivity contribution in [1.29, 1.82) is 5.26 Å². The van der Waals surface area contributed by atoms with Crippen molar-refractivity contribution in [2.24, 2.45) is 0 Å². The molecule has 1 N–H and O–H groups in total. The molecule has 0 saturated carbocycles. The first-order valence-electron chi connectivity index (χ1n) is 8.15. The Balaban J connectivity index is 1.82. The Morgan fingerprint density at radius 1 is 1.22 bits per heavy atom. The third kappa shape index (κ3) is 4.54. The molecule has 8 heteroatoms. The lowest BCUT2D eigenvalue weighted by Gasteiger charge is -2.14. The van der Waals surface area contributed by atoms with Gasteiger partial charge in [0, 0.05) is 6.07 Å². The van der Waals surface area contributed by atoms with Crippen molar-refractivity contribution in [3.8, 4) is 23.3 Å². The number of rotatable bonds is 6. The second-order valence-corrected chi connectivity index (χ2v) is 7.23. The highest BCUT2D eigenvalue weighted by molar-refractivity contribution is 8.15. The summed E-state index contributed by atoms with van der Waals surface area (Å²) in [6.45, 7) is 2.30. The number of thioether (sulfide) groups is 1. The molecule has 0 aromatic heterocycles. The van der Waals surface area contributed by atoms with Crippen LogP contribution in [0.4, 0.5) is 4.79 Å². The van der Waals surface area contributed by atoms with Gasteiger partial charge >= 0.3 is 0 Å². The minimum absolute atomic E-state index is 0.294. The van der Waals surface area contributed by atoms with Crippen LogP contribution in [0.1, 0.15) is 18.1 Å². The topological polar surface area (TPSA) is 88.4 Å². The zero-order chi connectivity index (χ0) is 19.4. The average Bonchev–Trinajstić information content (AvgIpc) is 2.96. The van der Waals surface area contributed by atoms with Crippen molar-refractivity contribution in [2.75, 3.05) is 6.61 Å². The molecule has 2 amide bonds. The lowest BCUT2D eigenvalue weighted by molar-refractivity contribution is -0.118. The normalized spacial score (nSPS) is 16.0. The summed E-state index contributed by atoms with van der Waals surface area (Å²) in [5, 5.41) is 10.7. The van der Waals surface area contributed by atoms with E-state index in [1.807, 2.05) is 13.0 Å². The molecule has 1 aliphatic heterocycles. The van der Waals surface area contributed by atoms with Crippen molar-refractivity contribution in [1.82, 2.24) is 5.32 Å². The van der Waals surface area contributed by atoms with Crippen LogP contribution in [0.25, 0.3) is 0 Å². The number of ether oxygens (including phenoxy) is 2. The van der Waals surface area contributed by atoms with Gasteiger partial charge in [0.05, 0.1) is 28.5 Å². The summed E-state index contributed by atoms with van der Waals surface area (Å²) in [5.41, 5.74) is 1.25. The van der Waals surface area contributed by atoms with Gasteiger partial charge in [-0.05, 0) is 43.2 Å². The second-order valence-electron chi connectivity index (χ2n) is 5.65. The predicted octanol–water partition coefficient (Wildman–Crippen LogP) is 4.30. The summed E-state index contributed by atoms with van der Waals surface area (Å²) < 4.78 is 11.5. The van der Waals surface area contributed by atoms with E-state index in [0.717, 1.165) is 17.3 Å². The van der Waals surface area contributed by atoms with E-state index in [1.165, 1.54) is 6.07 Å². The third-order valence-electron chi connectivity index (χ3n) is 3.80. The van der Waals surface area contributed by atoms with Gasteiger partial charge in [0.15, 0.2) is 0 Å². The molecule has 0 bridgehead atoms. The van der Waals surface area contributed by atoms with Crippen molar-refractivity contribution >= 4 is 34.5 Å². The van der Waals surface area contributed by atoms with E-state index >= 15 is 0 Å². The minimum atomic E-state index is -0.476. The molecule has 1 fully saturated rings. The number of imide groups is 1. The molecular formula is C19H15ClN2O4S. The molecule has 2 aromatic rings. The highest BCUT2D eigenvalue weighted by Crippen LogP contribution is 2.34. The lowest BCUT2D eigenvalue weighted by Crippen LogP contribution is -2.25. The van der Waals surface area contributed by atoms with E-state index in [0.29, 0.717) is 40.9 Å². The maximum atomic E-state index is 11.8. The quantitative estimate of drug-likeness (QED) is 0.775. The van der Waals surface area contributed by atoms with Crippen LogP contribution < -0.4 is 14.8 Å². The Labute approximate surface area is 165 Å². The van der Waals surface area contributed by atoms with Crippen molar-refractivity contribution < 1.29 is 19.1 Å². The van der Waals surface area contributed by atoms with Gasteiger partial charge in [-0.15, -0.1) is 0 Å². The third-order valence-corrected chi connectivity index (χ3v) is 5.08. The number of hydrogen-bond donors (Lipinski definition) is 1. The van der Waals surface area contributed by atoms with Gasteiger partial charge in [-0.1, -0.05) is 29.4 Å². The van der Waals surface area contributed by atoms with Crippen LogP contribution in [0.2, 0.25) is 5.02 Å². The summed E-state index contributed by atoms with van der Waals surface area (Å²) in [5.74, 6) is 1.21. The molecule has 1 saturated heterocycles. The number of nitrogens with zero attached hydrogens (tertiary/aromatic N) is 1. The van der Waals surface area contributed by atoms with Gasteiger partial charge in [-0.25, -0.2) is 0 Å². The maximum absolute atomic E-state index is 11.8. The van der Waals surface area contributed by atoms with Gasteiger partial charge in [0.2, 0.25) is 5.91 Å². The molecule has 2 aromatic carbocycles. The zero-order valence-corrected chi connectivity index (χ0v) is 15.9. The van der Waals surface area contributed by atoms with E-state index in [-0.39, 0.29) is 11.1 Å². The minimum Gasteiger partial charge on any atom is -0.493 e. The number of hydrogen-bond acceptors (Lipinski definition) is 6. The second kappa shape index (κ2) is 8.33. The van der Waals surface area contributed by atoms with Crippen LogP contribution in [0.15, 0.2) is 36.4 Å². The van der Waals surface area contributed by atoms with Gasteiger partial charge in [0.25, 0.3) is 5.24 Å². The largest absolute Gasteiger partial charge is 0.493 e. The van der Waals surface area contributed by atoms with Crippen LogP contribution in [-0.2, 0) is 11.2 Å². The molecule has 1 heterocycles. The average molecular weight is 403 g/mol. The number of halogens is 1. The molecule has 1 aliphatic rings. The van der Waals surface area contributed by atoms with Crippen LogP contribution in [0.5, 0.6) is 17.2 Å². The lowest BCUT2D eigenvalue weighted by atomic mass is 10.1. The Morgan fingerprint density at radius 3 is 2.67 bits per heavy atom. The first-order chi connectivity index (χ1) is 13.0. The Kier molecular flexibility index (Phi) is 5.89. The Hall–Kier alpha value is -2.69. The molecule has 1 atom stereocenters. The fraction of sp³-hybridized carbons (Fsp3) is 0.211. The van der Waals surface area contributed by atoms with E-state index in [1.54, 1.807) is 30.3 Å². The van der Waals surface area contributed by atoms with Crippen LogP contribution in [-0.4, -0.2) is 23.0 Å². The van der Waals surface area contributed by atoms with E-state index in [9.17, 15) is 9.59 Å². The fourth-order valence-electron chi connectivity index (χ4n) is 2.56. The van der Waals surface area contributed by atoms with Crippen molar-refractivity contribution in [2.45, 2.75) is 18.6 Å². The van der Waals surface area contributed by atoms with E-state index in [4.69, 9.17) is 26.3 Å². The molecule has 0 radical (unpaired) electrons. The smallest absolute Gasteiger partial charge is 0.286 e. The molecular weight excluding hydrogens is 388 g/mol. The predicted molar refractivity (Wildman–Crippen MR) is 102 cm³/mol. The van der Waals surface area contributed by atoms with Crippen LogP contribution in [0, 0.1) is 11.3 Å².